The molecule has 1 unspecified atom stereocenters. The molecule has 3 aromatic rings. The Labute approximate surface area is 231 Å². The summed E-state index contributed by atoms with van der Waals surface area (Å²) in [6, 6.07) is 18.0. The Morgan fingerprint density at radius 2 is 1.55 bits per heavy atom. The van der Waals surface area contributed by atoms with Crippen molar-refractivity contribution in [3.05, 3.63) is 83.4 Å². The van der Waals surface area contributed by atoms with Crippen molar-refractivity contribution in [2.45, 2.75) is 55.2 Å². The van der Waals surface area contributed by atoms with E-state index in [0.29, 0.717) is 24.5 Å². The summed E-state index contributed by atoms with van der Waals surface area (Å²) in [6.45, 7) is 0. The molecular weight excluding hydrogens is 541 g/mol. The van der Waals surface area contributed by atoms with Crippen LogP contribution < -0.4 is 5.32 Å². The van der Waals surface area contributed by atoms with Gasteiger partial charge in [-0.3, -0.25) is 4.79 Å². The van der Waals surface area contributed by atoms with Gasteiger partial charge in [0, 0.05) is 18.4 Å². The molecule has 0 radical (unpaired) electrons. The average Bonchev–Trinajstić information content (AvgIpc) is 2.93. The van der Waals surface area contributed by atoms with Crippen molar-refractivity contribution in [1.82, 2.24) is 0 Å². The third-order valence-corrected chi connectivity index (χ3v) is 8.55. The van der Waals surface area contributed by atoms with Crippen LogP contribution in [0, 0.1) is 17.2 Å². The maximum Gasteiger partial charge on any atom is 0.417 e. The molecular formula is C30H29F3N2O4S. The summed E-state index contributed by atoms with van der Waals surface area (Å²) in [7, 11) is -3.32. The normalized spacial score (nSPS) is 16.1. The Kier molecular flexibility index (Phi) is 8.38. The van der Waals surface area contributed by atoms with E-state index in [1.165, 1.54) is 24.3 Å². The minimum atomic E-state index is -4.78. The zero-order valence-electron chi connectivity index (χ0n) is 21.8. The van der Waals surface area contributed by atoms with E-state index in [9.17, 15) is 31.5 Å². The first-order chi connectivity index (χ1) is 18.8. The molecule has 0 aliphatic heterocycles. The van der Waals surface area contributed by atoms with Crippen LogP contribution in [0.3, 0.4) is 0 Å². The highest BCUT2D eigenvalue weighted by Crippen LogP contribution is 2.38. The van der Waals surface area contributed by atoms with E-state index in [2.05, 4.69) is 5.32 Å². The summed E-state index contributed by atoms with van der Waals surface area (Å²) in [5, 5.41) is 23.3. The highest BCUT2D eigenvalue weighted by molar-refractivity contribution is 7.90. The molecule has 0 aromatic heterocycles. The number of nitrogens with zero attached hydrogens (tertiary/aromatic N) is 1. The van der Waals surface area contributed by atoms with Gasteiger partial charge < -0.3 is 10.4 Å². The van der Waals surface area contributed by atoms with Crippen molar-refractivity contribution in [3.8, 4) is 17.2 Å². The Morgan fingerprint density at radius 3 is 2.08 bits per heavy atom. The fourth-order valence-electron chi connectivity index (χ4n) is 5.20. The molecule has 2 N–H and O–H groups in total. The highest BCUT2D eigenvalue weighted by atomic mass is 32.2. The lowest BCUT2D eigenvalue weighted by atomic mass is 9.73. The molecule has 0 saturated heterocycles. The predicted octanol–water partition coefficient (Wildman–Crippen LogP) is 6.14. The van der Waals surface area contributed by atoms with Gasteiger partial charge in [-0.05, 0) is 65.8 Å². The first-order valence-corrected chi connectivity index (χ1v) is 14.7. The number of hydrogen-bond acceptors (Lipinski definition) is 5. The second kappa shape index (κ2) is 11.4. The molecule has 0 spiro atoms. The summed E-state index contributed by atoms with van der Waals surface area (Å²) >= 11 is 0. The third kappa shape index (κ3) is 6.54. The van der Waals surface area contributed by atoms with E-state index in [1.807, 2.05) is 0 Å². The summed E-state index contributed by atoms with van der Waals surface area (Å²) in [6.07, 6.45) is 0.168. The van der Waals surface area contributed by atoms with Crippen molar-refractivity contribution in [3.63, 3.8) is 0 Å². The fraction of sp³-hybridized carbons (Fsp3) is 0.333. The number of amides is 1. The highest BCUT2D eigenvalue weighted by Gasteiger charge is 2.44. The summed E-state index contributed by atoms with van der Waals surface area (Å²) in [5.41, 5.74) is -1.47. The molecule has 1 amide bonds. The summed E-state index contributed by atoms with van der Waals surface area (Å²) in [4.78, 5) is 13.7. The lowest BCUT2D eigenvalue weighted by Crippen LogP contribution is -2.51. The Balaban J connectivity index is 1.59. The number of carbonyl (C=O) groups is 1. The Hall–Kier alpha value is -3.68. The minimum absolute atomic E-state index is 0.0425. The molecule has 4 rings (SSSR count). The van der Waals surface area contributed by atoms with Crippen LogP contribution in [0.25, 0.3) is 11.1 Å². The van der Waals surface area contributed by atoms with Gasteiger partial charge in [-0.2, -0.15) is 18.4 Å². The molecule has 1 atom stereocenters. The van der Waals surface area contributed by atoms with E-state index in [-0.39, 0.29) is 22.9 Å². The number of halogens is 3. The molecule has 0 bridgehead atoms. The second-order valence-electron chi connectivity index (χ2n) is 10.3. The fourth-order valence-corrected chi connectivity index (χ4v) is 5.83. The largest absolute Gasteiger partial charge is 0.417 e. The van der Waals surface area contributed by atoms with Gasteiger partial charge in [-0.1, -0.05) is 55.7 Å². The number of carbonyl (C=O) groups excluding carboxylic acids is 1. The Morgan fingerprint density at radius 1 is 0.975 bits per heavy atom. The van der Waals surface area contributed by atoms with Crippen molar-refractivity contribution in [2.24, 2.45) is 5.92 Å². The lowest BCUT2D eigenvalue weighted by Gasteiger charge is -2.37. The van der Waals surface area contributed by atoms with Gasteiger partial charge in [-0.25, -0.2) is 8.42 Å². The molecule has 6 nitrogen and oxygen atoms in total. The summed E-state index contributed by atoms with van der Waals surface area (Å²) < 4.78 is 63.8. The number of hydrogen-bond donors (Lipinski definition) is 2. The SMILES string of the molecule is CS(=O)(=O)c1ccc(-c2ccc(CC(O)(C(=O)Nc3ccc(C#N)c(C(F)(F)F)c3)C3CCCCC3)cc2)cc1. The van der Waals surface area contributed by atoms with E-state index in [1.54, 1.807) is 36.4 Å². The molecule has 40 heavy (non-hydrogen) atoms. The quantitative estimate of drug-likeness (QED) is 0.355. The van der Waals surface area contributed by atoms with Crippen molar-refractivity contribution >= 4 is 21.4 Å². The number of nitrogens with one attached hydrogen (secondary N) is 1. The molecule has 1 aliphatic rings. The van der Waals surface area contributed by atoms with Gasteiger partial charge >= 0.3 is 6.18 Å². The summed E-state index contributed by atoms with van der Waals surface area (Å²) in [5.74, 6) is -1.18. The topological polar surface area (TPSA) is 107 Å². The number of aliphatic hydroxyl groups is 1. The number of rotatable bonds is 7. The Bertz CT molecular complexity index is 1520. The zero-order chi connectivity index (χ0) is 29.1. The van der Waals surface area contributed by atoms with Crippen LogP contribution >= 0.6 is 0 Å². The number of alkyl halides is 3. The monoisotopic (exact) mass is 570 g/mol. The molecule has 1 aliphatic carbocycles. The van der Waals surface area contributed by atoms with Gasteiger partial charge in [-0.15, -0.1) is 0 Å². The standard InChI is InChI=1S/C30H29F3N2O4S/c1-40(38,39)26-15-12-22(13-16-26)21-9-7-20(8-10-21)18-29(37,24-5-3-2-4-6-24)28(36)35-25-14-11-23(19-34)27(17-25)30(31,32)33/h7-17,24,37H,2-6,18H2,1H3,(H,35,36). The second-order valence-corrected chi connectivity index (χ2v) is 12.3. The van der Waals surface area contributed by atoms with Crippen LogP contribution in [0.15, 0.2) is 71.6 Å². The molecule has 1 saturated carbocycles. The molecule has 3 aromatic carbocycles. The van der Waals surface area contributed by atoms with Crippen LogP contribution in [-0.2, 0) is 27.2 Å². The van der Waals surface area contributed by atoms with E-state index < -0.39 is 38.6 Å². The number of nitriles is 1. The first-order valence-electron chi connectivity index (χ1n) is 12.9. The molecule has 0 heterocycles. The molecule has 10 heteroatoms. The smallest absolute Gasteiger partial charge is 0.379 e. The first kappa shape index (κ1) is 29.3. The number of sulfone groups is 1. The van der Waals surface area contributed by atoms with Gasteiger partial charge in [0.05, 0.1) is 22.1 Å². The van der Waals surface area contributed by atoms with Crippen molar-refractivity contribution in [1.29, 1.82) is 5.26 Å². The average molecular weight is 571 g/mol. The number of benzene rings is 3. The number of anilines is 1. The van der Waals surface area contributed by atoms with Crippen molar-refractivity contribution in [2.75, 3.05) is 11.6 Å². The van der Waals surface area contributed by atoms with Gasteiger partial charge in [0.1, 0.15) is 5.60 Å². The zero-order valence-corrected chi connectivity index (χ0v) is 22.6. The third-order valence-electron chi connectivity index (χ3n) is 7.42. The van der Waals surface area contributed by atoms with Gasteiger partial charge in [0.25, 0.3) is 5.91 Å². The lowest BCUT2D eigenvalue weighted by molar-refractivity contribution is -0.142. The van der Waals surface area contributed by atoms with Crippen LogP contribution in [0.2, 0.25) is 0 Å². The maximum absolute atomic E-state index is 13.5. The predicted molar refractivity (Wildman–Crippen MR) is 145 cm³/mol. The van der Waals surface area contributed by atoms with Crippen LogP contribution in [0.5, 0.6) is 0 Å². The maximum atomic E-state index is 13.5. The van der Waals surface area contributed by atoms with Crippen LogP contribution in [0.4, 0.5) is 18.9 Å². The van der Waals surface area contributed by atoms with E-state index in [0.717, 1.165) is 42.7 Å². The van der Waals surface area contributed by atoms with Gasteiger partial charge in [0.15, 0.2) is 9.84 Å². The van der Waals surface area contributed by atoms with Gasteiger partial charge in [0.2, 0.25) is 0 Å². The van der Waals surface area contributed by atoms with E-state index >= 15 is 0 Å². The van der Waals surface area contributed by atoms with Crippen LogP contribution in [-0.4, -0.2) is 31.3 Å². The van der Waals surface area contributed by atoms with E-state index in [4.69, 9.17) is 5.26 Å². The molecule has 1 fully saturated rings. The molecule has 210 valence electrons. The van der Waals surface area contributed by atoms with Crippen LogP contribution in [0.1, 0.15) is 48.8 Å². The van der Waals surface area contributed by atoms with Crippen molar-refractivity contribution < 1.29 is 31.5 Å². The minimum Gasteiger partial charge on any atom is -0.379 e.